The third-order valence-corrected chi connectivity index (χ3v) is 2.89. The van der Waals surface area contributed by atoms with Crippen molar-refractivity contribution in [1.82, 2.24) is 0 Å². The van der Waals surface area contributed by atoms with E-state index in [9.17, 15) is 14.0 Å². The highest BCUT2D eigenvalue weighted by molar-refractivity contribution is 6.34. The van der Waals surface area contributed by atoms with Crippen molar-refractivity contribution in [3.8, 4) is 0 Å². The molecule has 0 radical (unpaired) electrons. The molecule has 0 aliphatic carbocycles. The second kappa shape index (κ2) is 6.23. The number of benzene rings is 2. The van der Waals surface area contributed by atoms with Crippen LogP contribution in [-0.2, 0) is 0 Å². The Bertz CT molecular complexity index is 689. The van der Waals surface area contributed by atoms with E-state index in [1.807, 2.05) is 0 Å². The molecule has 0 bridgehead atoms. The number of amides is 2. The summed E-state index contributed by atoms with van der Waals surface area (Å²) in [5, 5.41) is 14.0. The van der Waals surface area contributed by atoms with E-state index in [-0.39, 0.29) is 16.3 Å². The molecule has 0 spiro atoms. The maximum atomic E-state index is 12.7. The summed E-state index contributed by atoms with van der Waals surface area (Å²) in [6.45, 7) is 0. The zero-order chi connectivity index (χ0) is 15.4. The normalized spacial score (nSPS) is 10.0. The Labute approximate surface area is 124 Å². The van der Waals surface area contributed by atoms with Crippen LogP contribution in [-0.4, -0.2) is 17.1 Å². The zero-order valence-corrected chi connectivity index (χ0v) is 11.3. The molecule has 0 aromatic heterocycles. The maximum absolute atomic E-state index is 12.7. The topological polar surface area (TPSA) is 78.4 Å². The van der Waals surface area contributed by atoms with Crippen molar-refractivity contribution in [1.29, 1.82) is 0 Å². The van der Waals surface area contributed by atoms with Gasteiger partial charge in [-0.15, -0.1) is 0 Å². The number of urea groups is 1. The van der Waals surface area contributed by atoms with E-state index in [0.717, 1.165) is 0 Å². The fourth-order valence-electron chi connectivity index (χ4n) is 1.57. The molecule has 0 unspecified atom stereocenters. The van der Waals surface area contributed by atoms with Crippen molar-refractivity contribution < 1.29 is 19.1 Å². The second-order valence-electron chi connectivity index (χ2n) is 4.09. The fourth-order valence-corrected chi connectivity index (χ4v) is 1.74. The number of carboxylic acid groups (broad SMARTS) is 1. The van der Waals surface area contributed by atoms with Crippen molar-refractivity contribution in [2.45, 2.75) is 0 Å². The number of carboxylic acids is 1. The van der Waals surface area contributed by atoms with Crippen LogP contribution in [0.25, 0.3) is 0 Å². The van der Waals surface area contributed by atoms with Crippen molar-refractivity contribution in [3.63, 3.8) is 0 Å². The van der Waals surface area contributed by atoms with Gasteiger partial charge in [0.05, 0.1) is 16.3 Å². The van der Waals surface area contributed by atoms with Crippen LogP contribution in [0.2, 0.25) is 5.02 Å². The highest BCUT2D eigenvalue weighted by atomic mass is 35.5. The molecule has 21 heavy (non-hydrogen) atoms. The average Bonchev–Trinajstić information content (AvgIpc) is 2.43. The van der Waals surface area contributed by atoms with Gasteiger partial charge in [0.25, 0.3) is 0 Å². The molecule has 0 aliphatic rings. The molecule has 2 aromatic carbocycles. The SMILES string of the molecule is O=C(Nc1ccc(F)cc1)Nc1cc(C(=O)O)ccc1Cl. The summed E-state index contributed by atoms with van der Waals surface area (Å²) in [5.74, 6) is -1.55. The average molecular weight is 309 g/mol. The van der Waals surface area contributed by atoms with Crippen LogP contribution >= 0.6 is 11.6 Å². The van der Waals surface area contributed by atoms with Gasteiger partial charge in [0.1, 0.15) is 5.82 Å². The van der Waals surface area contributed by atoms with E-state index >= 15 is 0 Å². The minimum absolute atomic E-state index is 0.00326. The maximum Gasteiger partial charge on any atom is 0.335 e. The molecule has 2 amide bonds. The quantitative estimate of drug-likeness (QED) is 0.806. The van der Waals surface area contributed by atoms with Gasteiger partial charge in [-0.2, -0.15) is 0 Å². The molecular weight excluding hydrogens is 299 g/mol. The minimum Gasteiger partial charge on any atom is -0.478 e. The molecule has 0 saturated carbocycles. The summed E-state index contributed by atoms with van der Waals surface area (Å²) in [7, 11) is 0. The van der Waals surface area contributed by atoms with Gasteiger partial charge < -0.3 is 15.7 Å². The Morgan fingerprint density at radius 3 is 2.33 bits per heavy atom. The number of hydrogen-bond donors (Lipinski definition) is 3. The first-order valence-electron chi connectivity index (χ1n) is 5.82. The Kier molecular flexibility index (Phi) is 4.39. The molecule has 5 nitrogen and oxygen atoms in total. The largest absolute Gasteiger partial charge is 0.478 e. The summed E-state index contributed by atoms with van der Waals surface area (Å²) in [6.07, 6.45) is 0. The van der Waals surface area contributed by atoms with Crippen molar-refractivity contribution >= 4 is 35.0 Å². The number of rotatable bonds is 3. The molecule has 0 heterocycles. The third kappa shape index (κ3) is 3.93. The lowest BCUT2D eigenvalue weighted by Crippen LogP contribution is -2.19. The standard InChI is InChI=1S/C14H10ClFN2O3/c15-11-6-1-8(13(19)20)7-12(11)18-14(21)17-10-4-2-9(16)3-5-10/h1-7H,(H,19,20)(H2,17,18,21). The highest BCUT2D eigenvalue weighted by Crippen LogP contribution is 2.23. The van der Waals surface area contributed by atoms with Gasteiger partial charge in [0, 0.05) is 5.69 Å². The van der Waals surface area contributed by atoms with Crippen molar-refractivity contribution in [2.75, 3.05) is 10.6 Å². The highest BCUT2D eigenvalue weighted by Gasteiger charge is 2.10. The number of nitrogens with one attached hydrogen (secondary N) is 2. The van der Waals surface area contributed by atoms with Crippen LogP contribution in [0.3, 0.4) is 0 Å². The minimum atomic E-state index is -1.13. The van der Waals surface area contributed by atoms with E-state index in [2.05, 4.69) is 10.6 Å². The number of anilines is 2. The molecule has 2 rings (SSSR count). The third-order valence-electron chi connectivity index (χ3n) is 2.56. The van der Waals surface area contributed by atoms with E-state index in [1.54, 1.807) is 0 Å². The van der Waals surface area contributed by atoms with Crippen LogP contribution in [0.15, 0.2) is 42.5 Å². The molecule has 0 aliphatic heterocycles. The van der Waals surface area contributed by atoms with Crippen LogP contribution in [0.4, 0.5) is 20.6 Å². The predicted molar refractivity (Wildman–Crippen MR) is 77.5 cm³/mol. The molecule has 108 valence electrons. The van der Waals surface area contributed by atoms with E-state index in [4.69, 9.17) is 16.7 Å². The van der Waals surface area contributed by atoms with Gasteiger partial charge in [-0.05, 0) is 42.5 Å². The first-order chi connectivity index (χ1) is 9.95. The molecule has 3 N–H and O–H groups in total. The molecule has 2 aromatic rings. The van der Waals surface area contributed by atoms with Gasteiger partial charge in [0.15, 0.2) is 0 Å². The van der Waals surface area contributed by atoms with Crippen LogP contribution in [0.5, 0.6) is 0 Å². The summed E-state index contributed by atoms with van der Waals surface area (Å²) < 4.78 is 12.7. The summed E-state index contributed by atoms with van der Waals surface area (Å²) >= 11 is 5.88. The predicted octanol–water partition coefficient (Wildman–Crippen LogP) is 3.82. The Morgan fingerprint density at radius 1 is 1.05 bits per heavy atom. The Balaban J connectivity index is 2.10. The van der Waals surface area contributed by atoms with Crippen LogP contribution in [0.1, 0.15) is 10.4 Å². The lowest BCUT2D eigenvalue weighted by molar-refractivity contribution is 0.0697. The van der Waals surface area contributed by atoms with Crippen LogP contribution in [0, 0.1) is 5.82 Å². The number of halogens is 2. The fraction of sp³-hybridized carbons (Fsp3) is 0. The Hall–Kier alpha value is -2.60. The van der Waals surface area contributed by atoms with Gasteiger partial charge in [-0.1, -0.05) is 11.6 Å². The molecular formula is C14H10ClFN2O3. The number of aromatic carboxylic acids is 1. The van der Waals surface area contributed by atoms with E-state index in [0.29, 0.717) is 5.69 Å². The van der Waals surface area contributed by atoms with Gasteiger partial charge in [-0.25, -0.2) is 14.0 Å². The van der Waals surface area contributed by atoms with Crippen molar-refractivity contribution in [3.05, 3.63) is 58.9 Å². The molecule has 0 atom stereocenters. The first kappa shape index (κ1) is 14.8. The monoisotopic (exact) mass is 308 g/mol. The summed E-state index contributed by atoms with van der Waals surface area (Å²) in [5.41, 5.74) is 0.548. The smallest absolute Gasteiger partial charge is 0.335 e. The molecule has 7 heteroatoms. The first-order valence-corrected chi connectivity index (χ1v) is 6.20. The van der Waals surface area contributed by atoms with E-state index < -0.39 is 17.8 Å². The van der Waals surface area contributed by atoms with Crippen molar-refractivity contribution in [2.24, 2.45) is 0 Å². The van der Waals surface area contributed by atoms with E-state index in [1.165, 1.54) is 42.5 Å². The number of carbonyl (C=O) groups excluding carboxylic acids is 1. The second-order valence-corrected chi connectivity index (χ2v) is 4.49. The van der Waals surface area contributed by atoms with Gasteiger partial charge >= 0.3 is 12.0 Å². The van der Waals surface area contributed by atoms with Gasteiger partial charge in [0.2, 0.25) is 0 Å². The molecule has 0 fully saturated rings. The lowest BCUT2D eigenvalue weighted by atomic mass is 10.2. The lowest BCUT2D eigenvalue weighted by Gasteiger charge is -2.09. The van der Waals surface area contributed by atoms with Crippen LogP contribution < -0.4 is 10.6 Å². The summed E-state index contributed by atoms with van der Waals surface area (Å²) in [6, 6.07) is 8.52. The zero-order valence-electron chi connectivity index (χ0n) is 10.6. The summed E-state index contributed by atoms with van der Waals surface area (Å²) in [4.78, 5) is 22.6. The Morgan fingerprint density at radius 2 is 1.71 bits per heavy atom. The number of carbonyl (C=O) groups is 2. The number of hydrogen-bond acceptors (Lipinski definition) is 2. The van der Waals surface area contributed by atoms with Gasteiger partial charge in [-0.3, -0.25) is 0 Å². The molecule has 0 saturated heterocycles.